The number of carbonyl (C=O) groups is 1. The minimum Gasteiger partial charge on any atom is -0.362 e. The number of ether oxygens (including phenoxy) is 1. The Balaban J connectivity index is 1.30. The van der Waals surface area contributed by atoms with Crippen LogP contribution in [0.15, 0.2) is 24.3 Å². The zero-order chi connectivity index (χ0) is 17.3. The van der Waals surface area contributed by atoms with Crippen molar-refractivity contribution in [2.45, 2.75) is 50.4 Å². The van der Waals surface area contributed by atoms with Crippen LogP contribution in [0.3, 0.4) is 0 Å². The Morgan fingerprint density at radius 1 is 1.24 bits per heavy atom. The maximum atomic E-state index is 13.3. The van der Waals surface area contributed by atoms with E-state index in [0.717, 1.165) is 57.3 Å². The Labute approximate surface area is 147 Å². The molecule has 3 heterocycles. The lowest BCUT2D eigenvalue weighted by Crippen LogP contribution is -2.45. The molecule has 0 saturated carbocycles. The number of hydroxylamine groups is 2. The van der Waals surface area contributed by atoms with E-state index < -0.39 is 0 Å². The molecule has 0 radical (unpaired) electrons. The number of piperidine rings is 1. The van der Waals surface area contributed by atoms with Gasteiger partial charge in [0, 0.05) is 19.6 Å². The first kappa shape index (κ1) is 16.9. The summed E-state index contributed by atoms with van der Waals surface area (Å²) in [5.41, 5.74) is 0.834. The lowest BCUT2D eigenvalue weighted by molar-refractivity contribution is -0.185. The molecule has 1 atom stereocenters. The number of rotatable bonds is 3. The number of likely N-dealkylation sites (tertiary alicyclic amines) is 1. The van der Waals surface area contributed by atoms with Crippen molar-refractivity contribution in [3.05, 3.63) is 35.6 Å². The van der Waals surface area contributed by atoms with Gasteiger partial charge in [0.2, 0.25) is 0 Å². The molecule has 0 unspecified atom stereocenters. The van der Waals surface area contributed by atoms with Crippen LogP contribution in [0.5, 0.6) is 0 Å². The van der Waals surface area contributed by atoms with E-state index in [-0.39, 0.29) is 23.4 Å². The van der Waals surface area contributed by atoms with Gasteiger partial charge in [-0.15, -0.1) is 0 Å². The van der Waals surface area contributed by atoms with Crippen LogP contribution in [0.1, 0.15) is 37.7 Å². The predicted molar refractivity (Wildman–Crippen MR) is 90.0 cm³/mol. The second-order valence-electron chi connectivity index (χ2n) is 7.36. The zero-order valence-electron chi connectivity index (χ0n) is 14.5. The standard InChI is InChI=1S/C19H25FN2O3/c20-16-4-1-3-15(13-16)14-21-10-7-19(8-11-21)6-5-17(25-19)18(23)22-9-2-12-24-22/h1,3-4,13,17H,2,5-12,14H2/t17-/m1/s1. The molecule has 3 fully saturated rings. The van der Waals surface area contributed by atoms with E-state index in [1.165, 1.54) is 11.1 Å². The Morgan fingerprint density at radius 2 is 2.08 bits per heavy atom. The fourth-order valence-electron chi connectivity index (χ4n) is 4.15. The summed E-state index contributed by atoms with van der Waals surface area (Å²) < 4.78 is 19.5. The molecule has 3 aliphatic rings. The minimum absolute atomic E-state index is 0.0171. The van der Waals surface area contributed by atoms with Gasteiger partial charge in [0.25, 0.3) is 5.91 Å². The summed E-state index contributed by atoms with van der Waals surface area (Å²) in [4.78, 5) is 20.1. The molecule has 0 bridgehead atoms. The lowest BCUT2D eigenvalue weighted by atomic mass is 9.88. The van der Waals surface area contributed by atoms with Crippen LogP contribution in [0, 0.1) is 5.82 Å². The molecule has 4 rings (SSSR count). The number of halogens is 1. The Morgan fingerprint density at radius 3 is 2.80 bits per heavy atom. The van der Waals surface area contributed by atoms with Crippen LogP contribution < -0.4 is 0 Å². The monoisotopic (exact) mass is 348 g/mol. The van der Waals surface area contributed by atoms with Crippen LogP contribution in [0.2, 0.25) is 0 Å². The van der Waals surface area contributed by atoms with Gasteiger partial charge in [-0.05, 0) is 49.8 Å². The first-order chi connectivity index (χ1) is 12.1. The van der Waals surface area contributed by atoms with E-state index in [1.807, 2.05) is 6.07 Å². The molecule has 5 nitrogen and oxygen atoms in total. The van der Waals surface area contributed by atoms with Crippen molar-refractivity contribution in [3.8, 4) is 0 Å². The average molecular weight is 348 g/mol. The number of hydrogen-bond acceptors (Lipinski definition) is 4. The first-order valence-electron chi connectivity index (χ1n) is 9.23. The third-order valence-electron chi connectivity index (χ3n) is 5.59. The summed E-state index contributed by atoms with van der Waals surface area (Å²) in [6.45, 7) is 3.89. The van der Waals surface area contributed by atoms with E-state index >= 15 is 0 Å². The molecular formula is C19H25FN2O3. The Hall–Kier alpha value is -1.50. The number of amides is 1. The largest absolute Gasteiger partial charge is 0.362 e. The summed E-state index contributed by atoms with van der Waals surface area (Å²) in [6, 6.07) is 6.79. The second kappa shape index (κ2) is 7.02. The van der Waals surface area contributed by atoms with Crippen LogP contribution >= 0.6 is 0 Å². The van der Waals surface area contributed by atoms with Crippen molar-refractivity contribution in [1.82, 2.24) is 9.96 Å². The van der Waals surface area contributed by atoms with E-state index in [9.17, 15) is 9.18 Å². The summed E-state index contributed by atoms with van der Waals surface area (Å²) in [7, 11) is 0. The first-order valence-corrected chi connectivity index (χ1v) is 9.23. The minimum atomic E-state index is -0.354. The molecule has 1 aromatic rings. The van der Waals surface area contributed by atoms with Crippen LogP contribution in [-0.2, 0) is 20.9 Å². The molecule has 0 N–H and O–H groups in total. The molecule has 136 valence electrons. The highest BCUT2D eigenvalue weighted by Crippen LogP contribution is 2.39. The predicted octanol–water partition coefficient (Wildman–Crippen LogP) is 2.50. The third-order valence-corrected chi connectivity index (χ3v) is 5.59. The molecule has 0 aliphatic carbocycles. The van der Waals surface area contributed by atoms with Crippen molar-refractivity contribution in [3.63, 3.8) is 0 Å². The number of benzene rings is 1. The Kier molecular flexibility index (Phi) is 4.75. The molecule has 0 aromatic heterocycles. The van der Waals surface area contributed by atoms with E-state index in [4.69, 9.17) is 9.57 Å². The number of carbonyl (C=O) groups excluding carboxylic acids is 1. The summed E-state index contributed by atoms with van der Waals surface area (Å²) in [5, 5.41) is 1.47. The maximum Gasteiger partial charge on any atom is 0.275 e. The van der Waals surface area contributed by atoms with Crippen molar-refractivity contribution >= 4 is 5.91 Å². The molecular weight excluding hydrogens is 323 g/mol. The van der Waals surface area contributed by atoms with Gasteiger partial charge >= 0.3 is 0 Å². The highest BCUT2D eigenvalue weighted by Gasteiger charge is 2.46. The average Bonchev–Trinajstić information content (AvgIpc) is 3.28. The SMILES string of the molecule is O=C([C@H]1CCC2(CCN(Cc3cccc(F)c3)CC2)O1)N1CCCO1. The normalized spacial score (nSPS) is 26.4. The topological polar surface area (TPSA) is 42.0 Å². The zero-order valence-corrected chi connectivity index (χ0v) is 14.5. The highest BCUT2D eigenvalue weighted by molar-refractivity contribution is 5.80. The van der Waals surface area contributed by atoms with Gasteiger partial charge in [0.05, 0.1) is 18.8 Å². The van der Waals surface area contributed by atoms with Crippen LogP contribution in [0.4, 0.5) is 4.39 Å². The maximum absolute atomic E-state index is 13.3. The third kappa shape index (κ3) is 3.71. The molecule has 6 heteroatoms. The number of nitrogens with zero attached hydrogens (tertiary/aromatic N) is 2. The van der Waals surface area contributed by atoms with Gasteiger partial charge in [0.15, 0.2) is 0 Å². The van der Waals surface area contributed by atoms with Crippen molar-refractivity contribution in [2.75, 3.05) is 26.2 Å². The Bertz CT molecular complexity index is 625. The van der Waals surface area contributed by atoms with Crippen LogP contribution in [0.25, 0.3) is 0 Å². The van der Waals surface area contributed by atoms with Gasteiger partial charge in [0.1, 0.15) is 11.9 Å². The smallest absolute Gasteiger partial charge is 0.275 e. The van der Waals surface area contributed by atoms with Gasteiger partial charge in [-0.1, -0.05) is 12.1 Å². The summed E-state index contributed by atoms with van der Waals surface area (Å²) in [5.74, 6) is -0.202. The molecule has 3 saturated heterocycles. The number of hydrogen-bond donors (Lipinski definition) is 0. The highest BCUT2D eigenvalue weighted by atomic mass is 19.1. The van der Waals surface area contributed by atoms with Crippen molar-refractivity contribution in [2.24, 2.45) is 0 Å². The molecule has 1 spiro atoms. The van der Waals surface area contributed by atoms with Gasteiger partial charge in [-0.25, -0.2) is 9.45 Å². The van der Waals surface area contributed by atoms with E-state index in [0.29, 0.717) is 13.2 Å². The molecule has 3 aliphatic heterocycles. The van der Waals surface area contributed by atoms with Crippen molar-refractivity contribution < 1.29 is 18.8 Å². The fraction of sp³-hybridized carbons (Fsp3) is 0.632. The van der Waals surface area contributed by atoms with Gasteiger partial charge in [-0.2, -0.15) is 0 Å². The van der Waals surface area contributed by atoms with E-state index in [2.05, 4.69) is 4.90 Å². The fourth-order valence-corrected chi connectivity index (χ4v) is 4.15. The molecule has 25 heavy (non-hydrogen) atoms. The molecule has 1 aromatic carbocycles. The van der Waals surface area contributed by atoms with Crippen molar-refractivity contribution in [1.29, 1.82) is 0 Å². The van der Waals surface area contributed by atoms with Crippen LogP contribution in [-0.4, -0.2) is 53.8 Å². The van der Waals surface area contributed by atoms with Gasteiger partial charge in [-0.3, -0.25) is 14.5 Å². The summed E-state index contributed by atoms with van der Waals surface area (Å²) >= 11 is 0. The van der Waals surface area contributed by atoms with E-state index in [1.54, 1.807) is 12.1 Å². The second-order valence-corrected chi connectivity index (χ2v) is 7.36. The quantitative estimate of drug-likeness (QED) is 0.842. The molecule has 1 amide bonds. The summed E-state index contributed by atoms with van der Waals surface area (Å²) in [6.07, 6.45) is 4.11. The lowest BCUT2D eigenvalue weighted by Gasteiger charge is -2.39. The van der Waals surface area contributed by atoms with Gasteiger partial charge < -0.3 is 4.74 Å².